The van der Waals surface area contributed by atoms with Crippen LogP contribution in [0.1, 0.15) is 22.4 Å². The molecule has 1 N–H and O–H groups in total. The second kappa shape index (κ2) is 6.20. The van der Waals surface area contributed by atoms with Crippen molar-refractivity contribution in [1.82, 2.24) is 9.97 Å². The molecule has 0 spiro atoms. The fourth-order valence-electron chi connectivity index (χ4n) is 3.25. The lowest BCUT2D eigenvalue weighted by Crippen LogP contribution is -2.42. The molecule has 5 nitrogen and oxygen atoms in total. The Balaban J connectivity index is 1.68. The van der Waals surface area contributed by atoms with Crippen molar-refractivity contribution in [1.29, 1.82) is 0 Å². The van der Waals surface area contributed by atoms with Crippen LogP contribution in [-0.4, -0.2) is 22.0 Å². The maximum Gasteiger partial charge on any atom is 0.138 e. The molecule has 1 aromatic carbocycles. The summed E-state index contributed by atoms with van der Waals surface area (Å²) in [5, 5.41) is 15.7. The Morgan fingerprint density at radius 3 is 2.88 bits per heavy atom. The lowest BCUT2D eigenvalue weighted by Gasteiger charge is -2.21. The maximum absolute atomic E-state index is 11.6. The van der Waals surface area contributed by atoms with Crippen LogP contribution in [0.2, 0.25) is 0 Å². The van der Waals surface area contributed by atoms with Gasteiger partial charge in [-0.25, -0.2) is 9.97 Å². The highest BCUT2D eigenvalue weighted by atomic mass is 32.1. The van der Waals surface area contributed by atoms with Gasteiger partial charge in [0.2, 0.25) is 0 Å². The summed E-state index contributed by atoms with van der Waals surface area (Å²) in [5.74, 6) is -0.526. The van der Waals surface area contributed by atoms with E-state index in [2.05, 4.69) is 15.3 Å². The molecule has 0 saturated heterocycles. The van der Waals surface area contributed by atoms with E-state index in [-0.39, 0.29) is 0 Å². The first-order valence-corrected chi connectivity index (χ1v) is 8.80. The number of carboxylic acids is 1. The second-order valence-electron chi connectivity index (χ2n) is 5.97. The van der Waals surface area contributed by atoms with Crippen LogP contribution < -0.4 is 10.4 Å². The van der Waals surface area contributed by atoms with Crippen molar-refractivity contribution < 1.29 is 9.90 Å². The van der Waals surface area contributed by atoms with E-state index in [1.54, 1.807) is 11.3 Å². The van der Waals surface area contributed by atoms with E-state index in [0.29, 0.717) is 12.2 Å². The molecule has 0 bridgehead atoms. The van der Waals surface area contributed by atoms with Gasteiger partial charge in [-0.2, -0.15) is 0 Å². The Labute approximate surface area is 143 Å². The molecule has 0 amide bonds. The number of rotatable bonds is 5. The highest BCUT2D eigenvalue weighted by molar-refractivity contribution is 7.19. The third-order valence-corrected chi connectivity index (χ3v) is 5.58. The van der Waals surface area contributed by atoms with E-state index in [1.165, 1.54) is 16.8 Å². The minimum Gasteiger partial charge on any atom is -0.548 e. The average Bonchev–Trinajstić information content (AvgIpc) is 3.16. The molecule has 1 atom stereocenters. The summed E-state index contributed by atoms with van der Waals surface area (Å²) in [6.07, 6.45) is 5.06. The van der Waals surface area contributed by atoms with Crippen LogP contribution in [0.25, 0.3) is 10.2 Å². The van der Waals surface area contributed by atoms with Gasteiger partial charge in [-0.3, -0.25) is 0 Å². The number of aliphatic carboxylic acids is 1. The number of hydrogen-bond acceptors (Lipinski definition) is 6. The van der Waals surface area contributed by atoms with Crippen LogP contribution in [0.5, 0.6) is 0 Å². The standard InChI is InChI=1S/C18H17N3O2S/c22-18(23)13(9-11-5-2-1-3-6-11)21-16-15-12-7-4-8-14(12)24-17(15)20-10-19-16/h1-3,5-6,10,13H,4,7-9H2,(H,22,23)(H,19,20,21)/p-1. The molecule has 0 saturated carbocycles. The molecule has 0 fully saturated rings. The van der Waals surface area contributed by atoms with Crippen LogP contribution in [0.15, 0.2) is 36.7 Å². The van der Waals surface area contributed by atoms with Gasteiger partial charge in [-0.15, -0.1) is 11.3 Å². The van der Waals surface area contributed by atoms with Gasteiger partial charge in [0.05, 0.1) is 17.4 Å². The van der Waals surface area contributed by atoms with Crippen molar-refractivity contribution in [2.24, 2.45) is 0 Å². The molecule has 2 heterocycles. The largest absolute Gasteiger partial charge is 0.548 e. The van der Waals surface area contributed by atoms with Crippen LogP contribution in [-0.2, 0) is 24.1 Å². The first-order chi connectivity index (χ1) is 11.7. The predicted molar refractivity (Wildman–Crippen MR) is 92.0 cm³/mol. The molecule has 4 rings (SSSR count). The van der Waals surface area contributed by atoms with Crippen molar-refractivity contribution in [3.05, 3.63) is 52.7 Å². The Kier molecular flexibility index (Phi) is 3.90. The average molecular weight is 338 g/mol. The fourth-order valence-corrected chi connectivity index (χ4v) is 4.48. The molecule has 1 aliphatic rings. The van der Waals surface area contributed by atoms with Gasteiger partial charge in [0, 0.05) is 4.88 Å². The lowest BCUT2D eigenvalue weighted by atomic mass is 10.1. The van der Waals surface area contributed by atoms with Crippen molar-refractivity contribution in [3.63, 3.8) is 0 Å². The number of nitrogens with zero attached hydrogens (tertiary/aromatic N) is 2. The number of fused-ring (bicyclic) bond motifs is 3. The van der Waals surface area contributed by atoms with Gasteiger partial charge >= 0.3 is 0 Å². The van der Waals surface area contributed by atoms with Crippen molar-refractivity contribution >= 4 is 33.3 Å². The van der Waals surface area contributed by atoms with E-state index < -0.39 is 12.0 Å². The summed E-state index contributed by atoms with van der Waals surface area (Å²) in [6.45, 7) is 0. The number of benzene rings is 1. The number of carbonyl (C=O) groups is 1. The molecule has 1 unspecified atom stereocenters. The maximum atomic E-state index is 11.6. The Hall–Kier alpha value is -2.47. The van der Waals surface area contributed by atoms with Crippen LogP contribution in [0.4, 0.5) is 5.82 Å². The van der Waals surface area contributed by atoms with E-state index in [1.807, 2.05) is 30.3 Å². The zero-order chi connectivity index (χ0) is 16.5. The zero-order valence-electron chi connectivity index (χ0n) is 13.0. The second-order valence-corrected chi connectivity index (χ2v) is 7.05. The van der Waals surface area contributed by atoms with Crippen LogP contribution in [0.3, 0.4) is 0 Å². The Morgan fingerprint density at radius 1 is 1.25 bits per heavy atom. The third-order valence-electron chi connectivity index (χ3n) is 4.38. The predicted octanol–water partition coefficient (Wildman–Crippen LogP) is 1.95. The number of carbonyl (C=O) groups excluding carboxylic acids is 1. The summed E-state index contributed by atoms with van der Waals surface area (Å²) in [4.78, 5) is 22.5. The number of thiophene rings is 1. The van der Waals surface area contributed by atoms with Crippen molar-refractivity contribution in [3.8, 4) is 0 Å². The van der Waals surface area contributed by atoms with E-state index in [4.69, 9.17) is 0 Å². The molecule has 122 valence electrons. The number of nitrogens with one attached hydrogen (secondary N) is 1. The van der Waals surface area contributed by atoms with Crippen LogP contribution in [0, 0.1) is 0 Å². The van der Waals surface area contributed by atoms with Gasteiger partial charge in [0.15, 0.2) is 0 Å². The summed E-state index contributed by atoms with van der Waals surface area (Å²) >= 11 is 1.69. The molecule has 1 aliphatic carbocycles. The zero-order valence-corrected chi connectivity index (χ0v) is 13.8. The number of hydrogen-bond donors (Lipinski definition) is 1. The van der Waals surface area contributed by atoms with Crippen LogP contribution >= 0.6 is 11.3 Å². The van der Waals surface area contributed by atoms with Gasteiger partial charge < -0.3 is 15.2 Å². The molecule has 0 aliphatic heterocycles. The molecule has 3 aromatic rings. The van der Waals surface area contributed by atoms with E-state index in [9.17, 15) is 9.90 Å². The normalized spacial score (nSPS) is 14.5. The monoisotopic (exact) mass is 338 g/mol. The molecule has 0 radical (unpaired) electrons. The summed E-state index contributed by atoms with van der Waals surface area (Å²) in [6, 6.07) is 8.70. The Morgan fingerprint density at radius 2 is 2.08 bits per heavy atom. The first kappa shape index (κ1) is 15.1. The topological polar surface area (TPSA) is 77.9 Å². The summed E-state index contributed by atoms with van der Waals surface area (Å²) < 4.78 is 0. The summed E-state index contributed by atoms with van der Waals surface area (Å²) in [5.41, 5.74) is 2.22. The smallest absolute Gasteiger partial charge is 0.138 e. The highest BCUT2D eigenvalue weighted by Gasteiger charge is 2.22. The van der Waals surface area contributed by atoms with Crippen molar-refractivity contribution in [2.45, 2.75) is 31.7 Å². The SMILES string of the molecule is O=C([O-])C(Cc1ccccc1)Nc1ncnc2sc3c(c12)CCC3. The minimum absolute atomic E-state index is 0.348. The number of carboxylic acid groups (broad SMARTS) is 1. The fraction of sp³-hybridized carbons (Fsp3) is 0.278. The molecular formula is C18H16N3O2S-. The van der Waals surface area contributed by atoms with Crippen molar-refractivity contribution in [2.75, 3.05) is 5.32 Å². The molecular weight excluding hydrogens is 322 g/mol. The van der Waals surface area contributed by atoms with Gasteiger partial charge in [-0.05, 0) is 36.8 Å². The van der Waals surface area contributed by atoms with Gasteiger partial charge in [0.1, 0.15) is 17.0 Å². The minimum atomic E-state index is -1.13. The summed E-state index contributed by atoms with van der Waals surface area (Å²) in [7, 11) is 0. The lowest BCUT2D eigenvalue weighted by molar-refractivity contribution is -0.306. The highest BCUT2D eigenvalue weighted by Crippen LogP contribution is 2.39. The first-order valence-electron chi connectivity index (χ1n) is 7.99. The number of aromatic nitrogens is 2. The molecule has 6 heteroatoms. The Bertz CT molecular complexity index is 892. The molecule has 24 heavy (non-hydrogen) atoms. The quantitative estimate of drug-likeness (QED) is 0.769. The number of aryl methyl sites for hydroxylation is 2. The van der Waals surface area contributed by atoms with Gasteiger partial charge in [-0.1, -0.05) is 30.3 Å². The molecule has 2 aromatic heterocycles. The van der Waals surface area contributed by atoms with E-state index in [0.717, 1.165) is 35.0 Å². The number of anilines is 1. The van der Waals surface area contributed by atoms with E-state index >= 15 is 0 Å². The van der Waals surface area contributed by atoms with Gasteiger partial charge in [0.25, 0.3) is 0 Å². The third kappa shape index (κ3) is 2.73.